The first-order valence-corrected chi connectivity index (χ1v) is 8.41. The average molecular weight is 262 g/mol. The second-order valence-electron chi connectivity index (χ2n) is 4.98. The van der Waals surface area contributed by atoms with Gasteiger partial charge in [0.25, 0.3) is 0 Å². The molecule has 0 spiro atoms. The molecule has 17 heavy (non-hydrogen) atoms. The summed E-state index contributed by atoms with van der Waals surface area (Å²) in [6, 6.07) is 0.0851. The van der Waals surface area contributed by atoms with Crippen molar-refractivity contribution in [2.75, 3.05) is 18.8 Å². The van der Waals surface area contributed by atoms with Gasteiger partial charge in [-0.3, -0.25) is 0 Å². The van der Waals surface area contributed by atoms with Gasteiger partial charge in [0.2, 0.25) is 10.0 Å². The third-order valence-corrected chi connectivity index (χ3v) is 4.99. The Kier molecular flexibility index (Phi) is 6.44. The summed E-state index contributed by atoms with van der Waals surface area (Å²) in [7, 11) is -3.11. The maximum Gasteiger partial charge on any atom is 0.213 e. The smallest absolute Gasteiger partial charge is 0.213 e. The van der Waals surface area contributed by atoms with Crippen molar-refractivity contribution >= 4 is 10.0 Å². The highest BCUT2D eigenvalue weighted by Gasteiger charge is 2.23. The third-order valence-electron chi connectivity index (χ3n) is 3.52. The number of nitrogens with one attached hydrogen (secondary N) is 2. The van der Waals surface area contributed by atoms with E-state index < -0.39 is 10.0 Å². The Bertz CT molecular complexity index is 298. The molecule has 0 aromatic heterocycles. The van der Waals surface area contributed by atoms with Gasteiger partial charge in [-0.05, 0) is 32.2 Å². The van der Waals surface area contributed by atoms with Crippen LogP contribution in [0.25, 0.3) is 0 Å². The van der Waals surface area contributed by atoms with Gasteiger partial charge >= 0.3 is 0 Å². The molecule has 0 aromatic carbocycles. The molecule has 0 radical (unpaired) electrons. The van der Waals surface area contributed by atoms with Crippen LogP contribution in [0.4, 0.5) is 0 Å². The first-order chi connectivity index (χ1) is 8.05. The highest BCUT2D eigenvalue weighted by molar-refractivity contribution is 7.89. The van der Waals surface area contributed by atoms with Crippen molar-refractivity contribution in [2.24, 2.45) is 5.92 Å². The molecule has 102 valence electrons. The van der Waals surface area contributed by atoms with Gasteiger partial charge in [0.1, 0.15) is 0 Å². The molecule has 1 saturated carbocycles. The van der Waals surface area contributed by atoms with Crippen LogP contribution in [0.2, 0.25) is 0 Å². The molecule has 1 aliphatic carbocycles. The van der Waals surface area contributed by atoms with Gasteiger partial charge in [0.05, 0.1) is 5.75 Å². The zero-order valence-corrected chi connectivity index (χ0v) is 11.9. The van der Waals surface area contributed by atoms with Crippen molar-refractivity contribution in [3.8, 4) is 0 Å². The predicted octanol–water partition coefficient (Wildman–Crippen LogP) is 1.48. The Morgan fingerprint density at radius 1 is 1.24 bits per heavy atom. The summed E-state index contributed by atoms with van der Waals surface area (Å²) in [5.74, 6) is 0.704. The van der Waals surface area contributed by atoms with Crippen LogP contribution >= 0.6 is 0 Å². The minimum Gasteiger partial charge on any atom is -0.316 e. The molecular formula is C12H26N2O2S. The molecule has 0 heterocycles. The van der Waals surface area contributed by atoms with Crippen LogP contribution in [-0.4, -0.2) is 33.3 Å². The van der Waals surface area contributed by atoms with Crippen LogP contribution in [0.1, 0.15) is 46.0 Å². The van der Waals surface area contributed by atoms with E-state index in [0.29, 0.717) is 12.5 Å². The zero-order valence-electron chi connectivity index (χ0n) is 11.0. The molecule has 0 aliphatic heterocycles. The molecule has 0 bridgehead atoms. The monoisotopic (exact) mass is 262 g/mol. The van der Waals surface area contributed by atoms with Gasteiger partial charge in [-0.2, -0.15) is 0 Å². The second-order valence-corrected chi connectivity index (χ2v) is 6.85. The van der Waals surface area contributed by atoms with Crippen LogP contribution in [-0.2, 0) is 10.0 Å². The van der Waals surface area contributed by atoms with E-state index in [-0.39, 0.29) is 11.8 Å². The normalized spacial score (nSPS) is 20.4. The first kappa shape index (κ1) is 14.9. The molecular weight excluding hydrogens is 236 g/mol. The first-order valence-electron chi connectivity index (χ1n) is 6.76. The third kappa shape index (κ3) is 5.84. The Morgan fingerprint density at radius 3 is 2.47 bits per heavy atom. The lowest BCUT2D eigenvalue weighted by Crippen LogP contribution is -2.41. The van der Waals surface area contributed by atoms with Crippen LogP contribution in [0.3, 0.4) is 0 Å². The molecule has 4 nitrogen and oxygen atoms in total. The van der Waals surface area contributed by atoms with Gasteiger partial charge in [0.15, 0.2) is 0 Å². The lowest BCUT2D eigenvalue weighted by Gasteiger charge is -2.28. The molecule has 1 rings (SSSR count). The summed E-state index contributed by atoms with van der Waals surface area (Å²) < 4.78 is 26.4. The lowest BCUT2D eigenvalue weighted by molar-refractivity contribution is 0.303. The molecule has 1 aliphatic rings. The SMILES string of the molecule is CCNCCS(=O)(=O)NC(C)C1CCCCC1. The molecule has 5 heteroatoms. The van der Waals surface area contributed by atoms with Crippen molar-refractivity contribution in [1.82, 2.24) is 10.0 Å². The molecule has 1 fully saturated rings. The summed E-state index contributed by atoms with van der Waals surface area (Å²) in [5.41, 5.74) is 0. The maximum absolute atomic E-state index is 11.8. The van der Waals surface area contributed by atoms with Gasteiger partial charge in [-0.1, -0.05) is 26.2 Å². The van der Waals surface area contributed by atoms with Gasteiger partial charge in [-0.25, -0.2) is 13.1 Å². The predicted molar refractivity (Wildman–Crippen MR) is 71.5 cm³/mol. The van der Waals surface area contributed by atoms with E-state index in [9.17, 15) is 8.42 Å². The van der Waals surface area contributed by atoms with E-state index in [2.05, 4.69) is 10.0 Å². The fraction of sp³-hybridized carbons (Fsp3) is 1.00. The summed E-state index contributed by atoms with van der Waals surface area (Å²) in [5, 5.41) is 3.04. The van der Waals surface area contributed by atoms with E-state index in [0.717, 1.165) is 19.4 Å². The van der Waals surface area contributed by atoms with E-state index in [1.54, 1.807) is 0 Å². The number of rotatable bonds is 7. The van der Waals surface area contributed by atoms with Crippen LogP contribution in [0.5, 0.6) is 0 Å². The molecule has 2 N–H and O–H groups in total. The molecule has 1 unspecified atom stereocenters. The second kappa shape index (κ2) is 7.34. The van der Waals surface area contributed by atoms with Crippen molar-refractivity contribution in [3.05, 3.63) is 0 Å². The standard InChI is InChI=1S/C12H26N2O2S/c1-3-13-9-10-17(15,16)14-11(2)12-7-5-4-6-8-12/h11-14H,3-10H2,1-2H3. The van der Waals surface area contributed by atoms with Crippen LogP contribution in [0.15, 0.2) is 0 Å². The molecule has 1 atom stereocenters. The van der Waals surface area contributed by atoms with Crippen LogP contribution < -0.4 is 10.0 Å². The topological polar surface area (TPSA) is 58.2 Å². The van der Waals surface area contributed by atoms with Crippen molar-refractivity contribution in [2.45, 2.75) is 52.0 Å². The van der Waals surface area contributed by atoms with E-state index >= 15 is 0 Å². The number of hydrogen-bond acceptors (Lipinski definition) is 3. The molecule has 0 aromatic rings. The fourth-order valence-corrected chi connectivity index (χ4v) is 3.75. The molecule has 0 amide bonds. The Hall–Kier alpha value is -0.130. The van der Waals surface area contributed by atoms with Crippen molar-refractivity contribution in [3.63, 3.8) is 0 Å². The number of hydrogen-bond donors (Lipinski definition) is 2. The minimum absolute atomic E-state index is 0.0851. The van der Waals surface area contributed by atoms with Crippen molar-refractivity contribution < 1.29 is 8.42 Å². The van der Waals surface area contributed by atoms with E-state index in [1.165, 1.54) is 19.3 Å². The highest BCUT2D eigenvalue weighted by Crippen LogP contribution is 2.26. The maximum atomic E-state index is 11.8. The number of sulfonamides is 1. The zero-order chi connectivity index (χ0) is 12.7. The van der Waals surface area contributed by atoms with Gasteiger partial charge in [-0.15, -0.1) is 0 Å². The Labute approximate surface area is 106 Å². The summed E-state index contributed by atoms with van der Waals surface area (Å²) in [6.07, 6.45) is 6.12. The Balaban J connectivity index is 2.34. The quantitative estimate of drug-likeness (QED) is 0.683. The van der Waals surface area contributed by atoms with E-state index in [4.69, 9.17) is 0 Å². The fourth-order valence-electron chi connectivity index (χ4n) is 2.46. The van der Waals surface area contributed by atoms with Crippen LogP contribution in [0, 0.1) is 5.92 Å². The summed E-state index contributed by atoms with van der Waals surface area (Å²) in [6.45, 7) is 5.32. The highest BCUT2D eigenvalue weighted by atomic mass is 32.2. The largest absolute Gasteiger partial charge is 0.316 e. The van der Waals surface area contributed by atoms with Gasteiger partial charge < -0.3 is 5.32 Å². The Morgan fingerprint density at radius 2 is 1.88 bits per heavy atom. The van der Waals surface area contributed by atoms with Crippen molar-refractivity contribution in [1.29, 1.82) is 0 Å². The minimum atomic E-state index is -3.11. The summed E-state index contributed by atoms with van der Waals surface area (Å²) >= 11 is 0. The van der Waals surface area contributed by atoms with Gasteiger partial charge in [0, 0.05) is 12.6 Å². The van der Waals surface area contributed by atoms with E-state index in [1.807, 2.05) is 13.8 Å². The lowest BCUT2D eigenvalue weighted by atomic mass is 9.85. The molecule has 0 saturated heterocycles. The summed E-state index contributed by atoms with van der Waals surface area (Å²) in [4.78, 5) is 0. The average Bonchev–Trinajstić information content (AvgIpc) is 2.30.